The molecule has 0 saturated heterocycles. The molecule has 0 radical (unpaired) electrons. The Hall–Kier alpha value is -2.33. The lowest BCUT2D eigenvalue weighted by atomic mass is 10.0. The summed E-state index contributed by atoms with van der Waals surface area (Å²) in [5.41, 5.74) is 2.17. The van der Waals surface area contributed by atoms with Crippen molar-refractivity contribution in [1.82, 2.24) is 0 Å². The van der Waals surface area contributed by atoms with Crippen molar-refractivity contribution in [2.75, 3.05) is 6.61 Å². The highest BCUT2D eigenvalue weighted by molar-refractivity contribution is 5.74. The van der Waals surface area contributed by atoms with Crippen LogP contribution in [0.5, 0.6) is 5.75 Å². The predicted molar refractivity (Wildman–Crippen MR) is 102 cm³/mol. The first kappa shape index (κ1) is 20.0. The number of carbonyl (C=O) groups excluding carboxylic acids is 1. The van der Waals surface area contributed by atoms with Gasteiger partial charge in [0.15, 0.2) is 6.10 Å². The molecule has 0 aromatic heterocycles. The molecule has 0 aliphatic carbocycles. The molecule has 140 valence electrons. The van der Waals surface area contributed by atoms with Crippen molar-refractivity contribution in [2.45, 2.75) is 52.4 Å². The molecule has 2 unspecified atom stereocenters. The first-order chi connectivity index (χ1) is 12.6. The van der Waals surface area contributed by atoms with E-state index in [0.717, 1.165) is 29.7 Å². The van der Waals surface area contributed by atoms with Crippen LogP contribution in [0, 0.1) is 0 Å². The van der Waals surface area contributed by atoms with Gasteiger partial charge < -0.3 is 14.2 Å². The summed E-state index contributed by atoms with van der Waals surface area (Å²) < 4.78 is 16.8. The van der Waals surface area contributed by atoms with Gasteiger partial charge in [0.05, 0.1) is 12.7 Å². The molecule has 2 atom stereocenters. The molecule has 0 amide bonds. The highest BCUT2D eigenvalue weighted by Gasteiger charge is 2.21. The second kappa shape index (κ2) is 10.6. The van der Waals surface area contributed by atoms with Crippen molar-refractivity contribution >= 4 is 5.97 Å². The van der Waals surface area contributed by atoms with E-state index in [1.165, 1.54) is 0 Å². The molecule has 0 aliphatic rings. The van der Waals surface area contributed by atoms with E-state index in [4.69, 9.17) is 14.2 Å². The lowest BCUT2D eigenvalue weighted by molar-refractivity contribution is -0.159. The third-order valence-corrected chi connectivity index (χ3v) is 4.04. The first-order valence-corrected chi connectivity index (χ1v) is 9.22. The summed E-state index contributed by atoms with van der Waals surface area (Å²) in [6.45, 7) is 6.52. The Labute approximate surface area is 156 Å². The van der Waals surface area contributed by atoms with Crippen LogP contribution < -0.4 is 4.74 Å². The van der Waals surface area contributed by atoms with Gasteiger partial charge in [-0.1, -0.05) is 55.8 Å². The molecule has 0 N–H and O–H groups in total. The Bertz CT molecular complexity index is 652. The van der Waals surface area contributed by atoms with Crippen LogP contribution in [0.4, 0.5) is 0 Å². The predicted octanol–water partition coefficient (Wildman–Crippen LogP) is 5.08. The standard InChI is InChI=1S/C22H28O4/c1-4-9-21(26-17(3)22(23)24-5-2)19-12-14-20(15-13-19)25-16-18-10-7-6-8-11-18/h6-8,10-15,17,21H,4-5,9,16H2,1-3H3. The largest absolute Gasteiger partial charge is 0.489 e. The Balaban J connectivity index is 1.97. The van der Waals surface area contributed by atoms with Gasteiger partial charge in [0.2, 0.25) is 0 Å². The summed E-state index contributed by atoms with van der Waals surface area (Å²) in [5, 5.41) is 0. The molecule has 26 heavy (non-hydrogen) atoms. The van der Waals surface area contributed by atoms with Crippen LogP contribution in [-0.2, 0) is 20.9 Å². The van der Waals surface area contributed by atoms with Gasteiger partial charge in [-0.2, -0.15) is 0 Å². The number of hydrogen-bond donors (Lipinski definition) is 0. The Morgan fingerprint density at radius 3 is 2.31 bits per heavy atom. The molecule has 0 bridgehead atoms. The van der Waals surface area contributed by atoms with Crippen molar-refractivity contribution in [3.8, 4) is 5.75 Å². The van der Waals surface area contributed by atoms with Gasteiger partial charge in [0.1, 0.15) is 12.4 Å². The average Bonchev–Trinajstić information content (AvgIpc) is 2.67. The third kappa shape index (κ3) is 6.19. The fourth-order valence-electron chi connectivity index (χ4n) is 2.66. The maximum absolute atomic E-state index is 11.8. The van der Waals surface area contributed by atoms with Gasteiger partial charge in [0, 0.05) is 0 Å². The van der Waals surface area contributed by atoms with E-state index in [2.05, 4.69) is 6.92 Å². The summed E-state index contributed by atoms with van der Waals surface area (Å²) in [4.78, 5) is 11.8. The molecular weight excluding hydrogens is 328 g/mol. The molecule has 4 heteroatoms. The second-order valence-electron chi connectivity index (χ2n) is 6.15. The molecule has 2 rings (SSSR count). The van der Waals surface area contributed by atoms with Crippen molar-refractivity contribution in [3.63, 3.8) is 0 Å². The summed E-state index contributed by atoms with van der Waals surface area (Å²) >= 11 is 0. The topological polar surface area (TPSA) is 44.8 Å². The van der Waals surface area contributed by atoms with E-state index in [1.54, 1.807) is 13.8 Å². The molecule has 4 nitrogen and oxygen atoms in total. The average molecular weight is 356 g/mol. The Morgan fingerprint density at radius 1 is 1.00 bits per heavy atom. The van der Waals surface area contributed by atoms with Crippen LogP contribution in [-0.4, -0.2) is 18.7 Å². The number of hydrogen-bond acceptors (Lipinski definition) is 4. The highest BCUT2D eigenvalue weighted by Crippen LogP contribution is 2.26. The van der Waals surface area contributed by atoms with Crippen molar-refractivity contribution in [2.24, 2.45) is 0 Å². The zero-order valence-corrected chi connectivity index (χ0v) is 15.8. The van der Waals surface area contributed by atoms with Crippen LogP contribution in [0.3, 0.4) is 0 Å². The SMILES string of the molecule is CCCC(OC(C)C(=O)OCC)c1ccc(OCc2ccccc2)cc1. The molecule has 2 aromatic rings. The number of esters is 1. The van der Waals surface area contributed by atoms with Gasteiger partial charge in [-0.15, -0.1) is 0 Å². The highest BCUT2D eigenvalue weighted by atomic mass is 16.6. The zero-order chi connectivity index (χ0) is 18.8. The van der Waals surface area contributed by atoms with Crippen LogP contribution in [0.2, 0.25) is 0 Å². The minimum Gasteiger partial charge on any atom is -0.489 e. The Morgan fingerprint density at radius 2 is 1.69 bits per heavy atom. The molecule has 0 saturated carbocycles. The van der Waals surface area contributed by atoms with E-state index in [-0.39, 0.29) is 12.1 Å². The second-order valence-corrected chi connectivity index (χ2v) is 6.15. The summed E-state index contributed by atoms with van der Waals surface area (Å²) in [6, 6.07) is 17.9. The molecule has 2 aromatic carbocycles. The summed E-state index contributed by atoms with van der Waals surface area (Å²) in [7, 11) is 0. The maximum Gasteiger partial charge on any atom is 0.334 e. The normalized spacial score (nSPS) is 13.0. The van der Waals surface area contributed by atoms with E-state index in [9.17, 15) is 4.79 Å². The van der Waals surface area contributed by atoms with Crippen LogP contribution >= 0.6 is 0 Å². The summed E-state index contributed by atoms with van der Waals surface area (Å²) in [5.74, 6) is 0.489. The minimum atomic E-state index is -0.583. The lowest BCUT2D eigenvalue weighted by Gasteiger charge is -2.22. The number of rotatable bonds is 10. The van der Waals surface area contributed by atoms with Crippen molar-refractivity contribution in [1.29, 1.82) is 0 Å². The van der Waals surface area contributed by atoms with E-state index in [0.29, 0.717) is 13.2 Å². The van der Waals surface area contributed by atoms with Gasteiger partial charge in [-0.05, 0) is 43.5 Å². The minimum absolute atomic E-state index is 0.137. The molecule has 0 heterocycles. The maximum atomic E-state index is 11.8. The first-order valence-electron chi connectivity index (χ1n) is 9.22. The van der Waals surface area contributed by atoms with Gasteiger partial charge in [-0.3, -0.25) is 0 Å². The zero-order valence-electron chi connectivity index (χ0n) is 15.8. The quantitative estimate of drug-likeness (QED) is 0.557. The van der Waals surface area contributed by atoms with E-state index >= 15 is 0 Å². The van der Waals surface area contributed by atoms with Crippen LogP contribution in [0.15, 0.2) is 54.6 Å². The van der Waals surface area contributed by atoms with Gasteiger partial charge in [0.25, 0.3) is 0 Å². The van der Waals surface area contributed by atoms with E-state index in [1.807, 2.05) is 54.6 Å². The van der Waals surface area contributed by atoms with Crippen molar-refractivity contribution < 1.29 is 19.0 Å². The smallest absolute Gasteiger partial charge is 0.334 e. The third-order valence-electron chi connectivity index (χ3n) is 4.04. The lowest BCUT2D eigenvalue weighted by Crippen LogP contribution is -2.25. The molecule has 0 aliphatic heterocycles. The van der Waals surface area contributed by atoms with Crippen molar-refractivity contribution in [3.05, 3.63) is 65.7 Å². The van der Waals surface area contributed by atoms with Crippen LogP contribution in [0.1, 0.15) is 50.8 Å². The van der Waals surface area contributed by atoms with E-state index < -0.39 is 6.10 Å². The number of benzene rings is 2. The Kier molecular flexibility index (Phi) is 8.16. The fraction of sp³-hybridized carbons (Fsp3) is 0.409. The van der Waals surface area contributed by atoms with Crippen LogP contribution in [0.25, 0.3) is 0 Å². The molecule has 0 fully saturated rings. The van der Waals surface area contributed by atoms with Gasteiger partial charge >= 0.3 is 5.97 Å². The number of ether oxygens (including phenoxy) is 3. The fourth-order valence-corrected chi connectivity index (χ4v) is 2.66. The monoisotopic (exact) mass is 356 g/mol. The molecular formula is C22H28O4. The number of carbonyl (C=O) groups is 1. The van der Waals surface area contributed by atoms with Gasteiger partial charge in [-0.25, -0.2) is 4.79 Å². The molecule has 0 spiro atoms. The summed E-state index contributed by atoms with van der Waals surface area (Å²) in [6.07, 6.45) is 1.09.